The lowest BCUT2D eigenvalue weighted by Crippen LogP contribution is -2.09. The van der Waals surface area contributed by atoms with Gasteiger partial charge in [-0.25, -0.2) is 0 Å². The van der Waals surface area contributed by atoms with Crippen molar-refractivity contribution in [1.82, 2.24) is 0 Å². The molecule has 0 saturated carbocycles. The molecule has 0 N–H and O–H groups in total. The Morgan fingerprint density at radius 2 is 1.43 bits per heavy atom. The van der Waals surface area contributed by atoms with Crippen LogP contribution in [-0.2, 0) is 9.47 Å². The topological polar surface area (TPSA) is 18.5 Å². The summed E-state index contributed by atoms with van der Waals surface area (Å²) < 4.78 is 8.97. The monoisotopic (exact) mass is 104 g/mol. The summed E-state index contributed by atoms with van der Waals surface area (Å²) >= 11 is 0. The molecule has 7 heavy (non-hydrogen) atoms. The van der Waals surface area contributed by atoms with Gasteiger partial charge in [-0.3, -0.25) is 0 Å². The van der Waals surface area contributed by atoms with Gasteiger partial charge in [0.15, 0.2) is 0 Å². The van der Waals surface area contributed by atoms with E-state index in [9.17, 15) is 0 Å². The fourth-order valence-electron chi connectivity index (χ4n) is 0.144. The van der Waals surface area contributed by atoms with Crippen molar-refractivity contribution in [2.24, 2.45) is 0 Å². The van der Waals surface area contributed by atoms with Gasteiger partial charge >= 0.3 is 0 Å². The van der Waals surface area contributed by atoms with Crippen molar-refractivity contribution in [2.75, 3.05) is 27.4 Å². The van der Waals surface area contributed by atoms with E-state index in [2.05, 4.69) is 4.74 Å². The van der Waals surface area contributed by atoms with Crippen molar-refractivity contribution >= 4 is 0 Å². The van der Waals surface area contributed by atoms with E-state index in [1.54, 1.807) is 14.2 Å². The minimum Gasteiger partial charge on any atom is -0.388 e. The van der Waals surface area contributed by atoms with Crippen LogP contribution in [0.25, 0.3) is 0 Å². The summed E-state index contributed by atoms with van der Waals surface area (Å²) in [6.45, 7) is 2.00. The Kier molecular flexibility index (Phi) is 5.85. The van der Waals surface area contributed by atoms with Crippen LogP contribution in [0, 0.1) is 0 Å². The van der Waals surface area contributed by atoms with E-state index in [4.69, 9.17) is 4.74 Å². The molecular formula is C5H12O2. The molecule has 1 fully saturated rings. The van der Waals surface area contributed by atoms with E-state index in [0.717, 1.165) is 13.2 Å². The second kappa shape index (κ2) is 5.92. The van der Waals surface area contributed by atoms with Crippen molar-refractivity contribution < 1.29 is 9.47 Å². The van der Waals surface area contributed by atoms with Crippen LogP contribution in [-0.4, -0.2) is 27.4 Å². The Labute approximate surface area is 44.4 Å². The maximum Gasteiger partial charge on any atom is 0.0488 e. The molecule has 1 aliphatic heterocycles. The molecule has 44 valence electrons. The summed E-state index contributed by atoms with van der Waals surface area (Å²) in [5, 5.41) is 0. The molecule has 0 atom stereocenters. The van der Waals surface area contributed by atoms with Gasteiger partial charge in [0.2, 0.25) is 0 Å². The van der Waals surface area contributed by atoms with Gasteiger partial charge in [-0.2, -0.15) is 0 Å². The van der Waals surface area contributed by atoms with Crippen molar-refractivity contribution in [2.45, 2.75) is 6.42 Å². The number of methoxy groups -OCH3 is 1. The third kappa shape index (κ3) is 5.92. The number of rotatable bonds is 0. The quantitative estimate of drug-likeness (QED) is 0.449. The molecule has 1 heterocycles. The molecule has 0 spiro atoms. The largest absolute Gasteiger partial charge is 0.388 e. The van der Waals surface area contributed by atoms with Gasteiger partial charge < -0.3 is 9.47 Å². The molecule has 2 heteroatoms. The first-order valence-corrected chi connectivity index (χ1v) is 2.39. The number of hydrogen-bond acceptors (Lipinski definition) is 2. The van der Waals surface area contributed by atoms with E-state index >= 15 is 0 Å². The Morgan fingerprint density at radius 1 is 1.29 bits per heavy atom. The minimum absolute atomic E-state index is 1.00. The molecule has 0 aromatic carbocycles. The fourth-order valence-corrected chi connectivity index (χ4v) is 0.144. The summed E-state index contributed by atoms with van der Waals surface area (Å²) in [5.41, 5.74) is 0. The first-order valence-electron chi connectivity index (χ1n) is 2.39. The van der Waals surface area contributed by atoms with Crippen molar-refractivity contribution in [3.8, 4) is 0 Å². The SMILES string of the molecule is C1COC1.COC. The average molecular weight is 104 g/mol. The van der Waals surface area contributed by atoms with Crippen LogP contribution in [0.15, 0.2) is 0 Å². The van der Waals surface area contributed by atoms with Gasteiger partial charge in [0.1, 0.15) is 0 Å². The van der Waals surface area contributed by atoms with E-state index < -0.39 is 0 Å². The average Bonchev–Trinajstić information content (AvgIpc) is 1.27. The summed E-state index contributed by atoms with van der Waals surface area (Å²) in [5.74, 6) is 0. The first kappa shape index (κ1) is 6.92. The lowest BCUT2D eigenvalue weighted by molar-refractivity contribution is 0.0367. The standard InChI is InChI=1S/C3H6O.C2H6O/c1-2-4-3-1;1-3-2/h1-3H2;1-2H3. The minimum atomic E-state index is 1.00. The van der Waals surface area contributed by atoms with Crippen LogP contribution in [0.2, 0.25) is 0 Å². The van der Waals surface area contributed by atoms with Gasteiger partial charge in [-0.1, -0.05) is 0 Å². The van der Waals surface area contributed by atoms with Gasteiger partial charge in [0, 0.05) is 27.4 Å². The van der Waals surface area contributed by atoms with Crippen molar-refractivity contribution in [1.29, 1.82) is 0 Å². The van der Waals surface area contributed by atoms with Crippen LogP contribution in [0.4, 0.5) is 0 Å². The summed E-state index contributed by atoms with van der Waals surface area (Å²) in [7, 11) is 3.25. The molecule has 0 aliphatic carbocycles. The maximum absolute atomic E-state index is 4.72. The second-order valence-electron chi connectivity index (χ2n) is 1.37. The Balaban J connectivity index is 0.000000110. The highest BCUT2D eigenvalue weighted by molar-refractivity contribution is 4.41. The van der Waals surface area contributed by atoms with Gasteiger partial charge in [-0.05, 0) is 6.42 Å². The molecule has 2 nitrogen and oxygen atoms in total. The summed E-state index contributed by atoms with van der Waals surface area (Å²) in [6.07, 6.45) is 1.28. The predicted molar refractivity (Wildman–Crippen MR) is 28.4 cm³/mol. The molecule has 1 saturated heterocycles. The number of hydrogen-bond donors (Lipinski definition) is 0. The maximum atomic E-state index is 4.72. The van der Waals surface area contributed by atoms with Gasteiger partial charge in [0.25, 0.3) is 0 Å². The third-order valence-corrected chi connectivity index (χ3v) is 0.577. The highest BCUT2D eigenvalue weighted by atomic mass is 16.5. The first-order chi connectivity index (χ1) is 3.41. The normalized spacial score (nSPS) is 16.3. The zero-order valence-electron chi connectivity index (χ0n) is 4.94. The van der Waals surface area contributed by atoms with Crippen molar-refractivity contribution in [3.05, 3.63) is 0 Å². The third-order valence-electron chi connectivity index (χ3n) is 0.577. The molecule has 0 bridgehead atoms. The number of ether oxygens (including phenoxy) is 2. The van der Waals surface area contributed by atoms with E-state index in [1.165, 1.54) is 6.42 Å². The molecule has 1 aliphatic rings. The lowest BCUT2D eigenvalue weighted by atomic mass is 10.4. The Morgan fingerprint density at radius 3 is 1.43 bits per heavy atom. The van der Waals surface area contributed by atoms with Crippen LogP contribution >= 0.6 is 0 Å². The molecule has 0 unspecified atom stereocenters. The highest BCUT2D eigenvalue weighted by Gasteiger charge is 1.94. The van der Waals surface area contributed by atoms with Crippen LogP contribution < -0.4 is 0 Å². The summed E-state index contributed by atoms with van der Waals surface area (Å²) in [4.78, 5) is 0. The zero-order chi connectivity index (χ0) is 5.54. The van der Waals surface area contributed by atoms with Crippen LogP contribution in [0.3, 0.4) is 0 Å². The molecule has 0 aromatic heterocycles. The highest BCUT2D eigenvalue weighted by Crippen LogP contribution is 1.93. The van der Waals surface area contributed by atoms with Crippen LogP contribution in [0.5, 0.6) is 0 Å². The van der Waals surface area contributed by atoms with Gasteiger partial charge in [-0.15, -0.1) is 0 Å². The Hall–Kier alpha value is -0.0800. The zero-order valence-corrected chi connectivity index (χ0v) is 4.94. The smallest absolute Gasteiger partial charge is 0.0488 e. The predicted octanol–water partition coefficient (Wildman–Crippen LogP) is 0.669. The molecule has 0 radical (unpaired) electrons. The van der Waals surface area contributed by atoms with E-state index in [-0.39, 0.29) is 0 Å². The van der Waals surface area contributed by atoms with Crippen molar-refractivity contribution in [3.63, 3.8) is 0 Å². The molecule has 0 aromatic rings. The lowest BCUT2D eigenvalue weighted by Gasteiger charge is -2.09. The summed E-state index contributed by atoms with van der Waals surface area (Å²) in [6, 6.07) is 0. The molecule has 0 amide bonds. The fraction of sp³-hybridized carbons (Fsp3) is 1.00. The van der Waals surface area contributed by atoms with E-state index in [0.29, 0.717) is 0 Å². The van der Waals surface area contributed by atoms with Gasteiger partial charge in [0.05, 0.1) is 0 Å². The molecule has 1 rings (SSSR count). The van der Waals surface area contributed by atoms with E-state index in [1.807, 2.05) is 0 Å². The van der Waals surface area contributed by atoms with Crippen LogP contribution in [0.1, 0.15) is 6.42 Å². The second-order valence-corrected chi connectivity index (χ2v) is 1.37. The Bertz CT molecular complexity index is 21.3. The molecular weight excluding hydrogens is 92.1 g/mol.